The molecule has 0 unspecified atom stereocenters. The van der Waals surface area contributed by atoms with Crippen molar-refractivity contribution in [2.45, 2.75) is 40.5 Å². The molecular weight excluding hydrogens is 120 g/mol. The van der Waals surface area contributed by atoms with Gasteiger partial charge in [0.05, 0.1) is 0 Å². The van der Waals surface area contributed by atoms with E-state index in [1.807, 2.05) is 0 Å². The molecule has 0 heterocycles. The molecule has 0 atom stereocenters. The second-order valence-corrected chi connectivity index (χ2v) is 2.96. The summed E-state index contributed by atoms with van der Waals surface area (Å²) in [5.41, 5.74) is 2.77. The van der Waals surface area contributed by atoms with Crippen LogP contribution < -0.4 is 0 Å². The lowest BCUT2D eigenvalue weighted by Crippen LogP contribution is -1.71. The van der Waals surface area contributed by atoms with Crippen molar-refractivity contribution in [3.05, 3.63) is 23.3 Å². The van der Waals surface area contributed by atoms with Gasteiger partial charge in [0, 0.05) is 0 Å². The molecule has 0 aromatic carbocycles. The maximum atomic E-state index is 2.28. The summed E-state index contributed by atoms with van der Waals surface area (Å²) in [6, 6.07) is 0. The highest BCUT2D eigenvalue weighted by Crippen LogP contribution is 2.02. The van der Waals surface area contributed by atoms with Crippen LogP contribution in [-0.2, 0) is 0 Å². The highest BCUT2D eigenvalue weighted by Gasteiger charge is 1.81. The molecule has 0 aliphatic carbocycles. The SMILES string of the molecule is CCCC=C(C)C=C(C)C. The van der Waals surface area contributed by atoms with Gasteiger partial charge in [0.15, 0.2) is 0 Å². The van der Waals surface area contributed by atoms with Crippen LogP contribution in [0.2, 0.25) is 0 Å². The molecule has 0 amide bonds. The number of hydrogen-bond acceptors (Lipinski definition) is 0. The van der Waals surface area contributed by atoms with Gasteiger partial charge in [-0.15, -0.1) is 0 Å². The van der Waals surface area contributed by atoms with Gasteiger partial charge in [-0.2, -0.15) is 0 Å². The molecule has 0 bridgehead atoms. The van der Waals surface area contributed by atoms with Crippen LogP contribution in [0.15, 0.2) is 23.3 Å². The molecule has 0 aromatic rings. The van der Waals surface area contributed by atoms with Gasteiger partial charge < -0.3 is 0 Å². The molecule has 0 aliphatic heterocycles. The molecule has 58 valence electrons. The normalized spacial score (nSPS) is 11.4. The lowest BCUT2D eigenvalue weighted by atomic mass is 10.1. The summed E-state index contributed by atoms with van der Waals surface area (Å²) in [6.07, 6.45) is 6.95. The van der Waals surface area contributed by atoms with Crippen LogP contribution in [0.25, 0.3) is 0 Å². The van der Waals surface area contributed by atoms with E-state index in [9.17, 15) is 0 Å². The van der Waals surface area contributed by atoms with Gasteiger partial charge in [-0.25, -0.2) is 0 Å². The Morgan fingerprint density at radius 1 is 1.20 bits per heavy atom. The minimum Gasteiger partial charge on any atom is -0.0816 e. The summed E-state index contributed by atoms with van der Waals surface area (Å²) in [4.78, 5) is 0. The molecule has 0 fully saturated rings. The number of rotatable bonds is 3. The smallest absolute Gasteiger partial charge is 0.0348 e. The van der Waals surface area contributed by atoms with Crippen molar-refractivity contribution in [2.75, 3.05) is 0 Å². The van der Waals surface area contributed by atoms with E-state index in [2.05, 4.69) is 39.8 Å². The van der Waals surface area contributed by atoms with Gasteiger partial charge in [0.1, 0.15) is 0 Å². The number of allylic oxidation sites excluding steroid dienone is 4. The van der Waals surface area contributed by atoms with Gasteiger partial charge in [0.2, 0.25) is 0 Å². The lowest BCUT2D eigenvalue weighted by Gasteiger charge is -1.92. The van der Waals surface area contributed by atoms with Gasteiger partial charge >= 0.3 is 0 Å². The molecule has 0 spiro atoms. The molecule has 0 radical (unpaired) electrons. The van der Waals surface area contributed by atoms with Gasteiger partial charge in [-0.05, 0) is 27.2 Å². The summed E-state index contributed by atoms with van der Waals surface area (Å²) < 4.78 is 0. The second kappa shape index (κ2) is 5.28. The van der Waals surface area contributed by atoms with Crippen molar-refractivity contribution in [1.82, 2.24) is 0 Å². The number of hydrogen-bond donors (Lipinski definition) is 0. The predicted molar refractivity (Wildman–Crippen MR) is 48.1 cm³/mol. The Labute approximate surface area is 64.6 Å². The van der Waals surface area contributed by atoms with E-state index < -0.39 is 0 Å². The van der Waals surface area contributed by atoms with E-state index in [0.29, 0.717) is 0 Å². The molecule has 0 nitrogen and oxygen atoms in total. The maximum Gasteiger partial charge on any atom is -0.0348 e. The quantitative estimate of drug-likeness (QED) is 0.522. The average Bonchev–Trinajstić information content (AvgIpc) is 1.82. The molecule has 0 N–H and O–H groups in total. The summed E-state index contributed by atoms with van der Waals surface area (Å²) in [5, 5.41) is 0. The summed E-state index contributed by atoms with van der Waals surface area (Å²) in [5.74, 6) is 0. The van der Waals surface area contributed by atoms with Crippen molar-refractivity contribution in [3.8, 4) is 0 Å². The van der Waals surface area contributed by atoms with E-state index in [4.69, 9.17) is 0 Å². The van der Waals surface area contributed by atoms with Crippen LogP contribution in [0, 0.1) is 0 Å². The molecule has 0 aromatic heterocycles. The molecule has 0 rings (SSSR count). The van der Waals surface area contributed by atoms with E-state index in [1.54, 1.807) is 0 Å². The maximum absolute atomic E-state index is 2.28. The summed E-state index contributed by atoms with van der Waals surface area (Å²) >= 11 is 0. The molecule has 0 aliphatic rings. The third-order valence-corrected chi connectivity index (χ3v) is 1.27. The highest BCUT2D eigenvalue weighted by atomic mass is 13.9. The Balaban J connectivity index is 3.82. The first-order valence-electron chi connectivity index (χ1n) is 3.98. The zero-order valence-electron chi connectivity index (χ0n) is 7.57. The number of unbranched alkanes of at least 4 members (excludes halogenated alkanes) is 1. The van der Waals surface area contributed by atoms with E-state index in [-0.39, 0.29) is 0 Å². The summed E-state index contributed by atoms with van der Waals surface area (Å²) in [6.45, 7) is 8.61. The third kappa shape index (κ3) is 5.61. The first-order valence-corrected chi connectivity index (χ1v) is 3.98. The molecule has 0 heteroatoms. The topological polar surface area (TPSA) is 0 Å². The third-order valence-electron chi connectivity index (χ3n) is 1.27. The van der Waals surface area contributed by atoms with Gasteiger partial charge in [-0.3, -0.25) is 0 Å². The van der Waals surface area contributed by atoms with Crippen molar-refractivity contribution in [2.24, 2.45) is 0 Å². The molecular formula is C10H18. The second-order valence-electron chi connectivity index (χ2n) is 2.96. The van der Waals surface area contributed by atoms with E-state index >= 15 is 0 Å². The zero-order chi connectivity index (χ0) is 7.98. The fourth-order valence-electron chi connectivity index (χ4n) is 0.886. The Morgan fingerprint density at radius 2 is 1.80 bits per heavy atom. The average molecular weight is 138 g/mol. The van der Waals surface area contributed by atoms with Crippen LogP contribution >= 0.6 is 0 Å². The first kappa shape index (κ1) is 9.48. The van der Waals surface area contributed by atoms with E-state index in [1.165, 1.54) is 24.0 Å². The molecule has 0 saturated heterocycles. The van der Waals surface area contributed by atoms with Crippen molar-refractivity contribution in [1.29, 1.82) is 0 Å². The van der Waals surface area contributed by atoms with Crippen LogP contribution in [0.3, 0.4) is 0 Å². The standard InChI is InChI=1S/C10H18/c1-5-6-7-10(4)8-9(2)3/h7-8H,5-6H2,1-4H3. The molecule has 10 heavy (non-hydrogen) atoms. The highest BCUT2D eigenvalue weighted by molar-refractivity contribution is 5.19. The monoisotopic (exact) mass is 138 g/mol. The first-order chi connectivity index (χ1) is 4.66. The Kier molecular flexibility index (Phi) is 5.00. The Morgan fingerprint density at radius 3 is 2.20 bits per heavy atom. The lowest BCUT2D eigenvalue weighted by molar-refractivity contribution is 0.952. The van der Waals surface area contributed by atoms with Gasteiger partial charge in [-0.1, -0.05) is 36.6 Å². The van der Waals surface area contributed by atoms with Crippen molar-refractivity contribution in [3.63, 3.8) is 0 Å². The van der Waals surface area contributed by atoms with Gasteiger partial charge in [0.25, 0.3) is 0 Å². The minimum absolute atomic E-state index is 1.20. The fourth-order valence-corrected chi connectivity index (χ4v) is 0.886. The van der Waals surface area contributed by atoms with Crippen LogP contribution in [0.1, 0.15) is 40.5 Å². The molecule has 0 saturated carbocycles. The van der Waals surface area contributed by atoms with Crippen molar-refractivity contribution >= 4 is 0 Å². The summed E-state index contributed by atoms with van der Waals surface area (Å²) in [7, 11) is 0. The van der Waals surface area contributed by atoms with Crippen LogP contribution in [-0.4, -0.2) is 0 Å². The predicted octanol–water partition coefficient (Wildman–Crippen LogP) is 3.70. The minimum atomic E-state index is 1.20. The van der Waals surface area contributed by atoms with Crippen LogP contribution in [0.4, 0.5) is 0 Å². The van der Waals surface area contributed by atoms with E-state index in [0.717, 1.165) is 0 Å². The van der Waals surface area contributed by atoms with Crippen molar-refractivity contribution < 1.29 is 0 Å². The largest absolute Gasteiger partial charge is 0.0816 e. The fraction of sp³-hybridized carbons (Fsp3) is 0.600. The Hall–Kier alpha value is -0.520. The van der Waals surface area contributed by atoms with Crippen LogP contribution in [0.5, 0.6) is 0 Å². The zero-order valence-corrected chi connectivity index (χ0v) is 7.57. The Bertz CT molecular complexity index is 134.